The summed E-state index contributed by atoms with van der Waals surface area (Å²) in [4.78, 5) is 24.0. The minimum atomic E-state index is -0.319. The molecule has 1 heterocycles. The Labute approximate surface area is 162 Å². The lowest BCUT2D eigenvalue weighted by molar-refractivity contribution is 0.102. The van der Waals surface area contributed by atoms with E-state index in [1.807, 2.05) is 19.2 Å². The number of halogens is 1. The molecule has 138 valence electrons. The minimum absolute atomic E-state index is 0.0742. The highest BCUT2D eigenvalue weighted by atomic mass is 35.5. The van der Waals surface area contributed by atoms with Crippen molar-refractivity contribution in [1.29, 1.82) is 0 Å². The van der Waals surface area contributed by atoms with Gasteiger partial charge in [0.1, 0.15) is 11.5 Å². The maximum atomic E-state index is 12.6. The lowest BCUT2D eigenvalue weighted by atomic mass is 9.94. The molecule has 1 aliphatic carbocycles. The first kappa shape index (κ1) is 18.9. The Morgan fingerprint density at radius 2 is 1.92 bits per heavy atom. The number of amides is 1. The smallest absolute Gasteiger partial charge is 0.274 e. The molecule has 0 spiro atoms. The van der Waals surface area contributed by atoms with Crippen LogP contribution in [0, 0.1) is 0 Å². The largest absolute Gasteiger partial charge is 0.357 e. The Bertz CT molecular complexity index is 765. The topological polar surface area (TPSA) is 84.1 Å². The van der Waals surface area contributed by atoms with E-state index in [0.29, 0.717) is 17.5 Å². The number of benzene rings is 1. The standard InChI is InChI=1S/C18H22ClN5OS/c1-24(13-5-3-2-4-6-13)16-11-15(22-18(19)23-16)17(25)21-12-7-9-14(26-20)10-8-12/h7-11,13H,2-6,20H2,1H3,(H,21,25). The molecule has 1 aliphatic rings. The van der Waals surface area contributed by atoms with Gasteiger partial charge in [-0.1, -0.05) is 19.3 Å². The van der Waals surface area contributed by atoms with Crippen molar-refractivity contribution in [3.05, 3.63) is 41.3 Å². The van der Waals surface area contributed by atoms with Crippen molar-refractivity contribution >= 4 is 41.0 Å². The normalized spacial score (nSPS) is 14.9. The zero-order valence-corrected chi connectivity index (χ0v) is 16.2. The fraction of sp³-hybridized carbons (Fsp3) is 0.389. The number of nitrogens with zero attached hydrogens (tertiary/aromatic N) is 3. The number of carbonyl (C=O) groups is 1. The summed E-state index contributed by atoms with van der Waals surface area (Å²) in [5.41, 5.74) is 0.921. The Morgan fingerprint density at radius 3 is 2.58 bits per heavy atom. The Balaban J connectivity index is 1.76. The molecule has 8 heteroatoms. The molecule has 3 rings (SSSR count). The summed E-state index contributed by atoms with van der Waals surface area (Å²) in [5, 5.41) is 8.41. The van der Waals surface area contributed by atoms with Crippen LogP contribution in [0.25, 0.3) is 0 Å². The van der Waals surface area contributed by atoms with Crippen LogP contribution in [0.1, 0.15) is 42.6 Å². The van der Waals surface area contributed by atoms with Crippen molar-refractivity contribution in [2.24, 2.45) is 5.14 Å². The Hall–Kier alpha value is -1.83. The van der Waals surface area contributed by atoms with E-state index in [1.165, 1.54) is 19.3 Å². The summed E-state index contributed by atoms with van der Waals surface area (Å²) in [6.07, 6.45) is 5.98. The summed E-state index contributed by atoms with van der Waals surface area (Å²) >= 11 is 7.23. The molecule has 1 fully saturated rings. The van der Waals surface area contributed by atoms with E-state index in [-0.39, 0.29) is 16.9 Å². The average molecular weight is 392 g/mol. The van der Waals surface area contributed by atoms with Crippen LogP contribution in [0.5, 0.6) is 0 Å². The van der Waals surface area contributed by atoms with Gasteiger partial charge in [-0.3, -0.25) is 9.93 Å². The van der Waals surface area contributed by atoms with E-state index < -0.39 is 0 Å². The molecule has 0 saturated heterocycles. The van der Waals surface area contributed by atoms with Crippen LogP contribution >= 0.6 is 23.5 Å². The van der Waals surface area contributed by atoms with Gasteiger partial charge in [0.25, 0.3) is 5.91 Å². The van der Waals surface area contributed by atoms with E-state index in [0.717, 1.165) is 29.7 Å². The molecule has 1 amide bonds. The number of hydrogen-bond acceptors (Lipinski definition) is 6. The van der Waals surface area contributed by atoms with Gasteiger partial charge < -0.3 is 10.2 Å². The van der Waals surface area contributed by atoms with E-state index in [9.17, 15) is 4.79 Å². The maximum absolute atomic E-state index is 12.6. The minimum Gasteiger partial charge on any atom is -0.357 e. The lowest BCUT2D eigenvalue weighted by Gasteiger charge is -2.32. The Morgan fingerprint density at radius 1 is 1.23 bits per heavy atom. The van der Waals surface area contributed by atoms with Crippen molar-refractivity contribution in [2.45, 2.75) is 43.0 Å². The highest BCUT2D eigenvalue weighted by Gasteiger charge is 2.21. The maximum Gasteiger partial charge on any atom is 0.274 e. The quantitative estimate of drug-likeness (QED) is 0.589. The second-order valence-electron chi connectivity index (χ2n) is 6.38. The second kappa shape index (κ2) is 8.70. The van der Waals surface area contributed by atoms with Crippen molar-refractivity contribution in [3.63, 3.8) is 0 Å². The molecule has 1 aromatic carbocycles. The second-order valence-corrected chi connectivity index (χ2v) is 7.42. The zero-order valence-electron chi connectivity index (χ0n) is 14.6. The van der Waals surface area contributed by atoms with Crippen LogP contribution < -0.4 is 15.4 Å². The van der Waals surface area contributed by atoms with E-state index in [2.05, 4.69) is 20.2 Å². The van der Waals surface area contributed by atoms with Gasteiger partial charge in [0, 0.05) is 29.7 Å². The molecule has 26 heavy (non-hydrogen) atoms. The van der Waals surface area contributed by atoms with Crippen LogP contribution in [0.15, 0.2) is 35.2 Å². The number of aromatic nitrogens is 2. The SMILES string of the molecule is CN(c1cc(C(=O)Nc2ccc(SN)cc2)nc(Cl)n1)C1CCCCC1. The first-order valence-corrected chi connectivity index (χ1v) is 9.88. The van der Waals surface area contributed by atoms with Gasteiger partial charge in [-0.25, -0.2) is 9.97 Å². The molecule has 1 saturated carbocycles. The summed E-state index contributed by atoms with van der Waals surface area (Å²) in [7, 11) is 2.00. The van der Waals surface area contributed by atoms with E-state index in [1.54, 1.807) is 18.2 Å². The zero-order chi connectivity index (χ0) is 18.5. The first-order valence-electron chi connectivity index (χ1n) is 8.62. The van der Waals surface area contributed by atoms with Gasteiger partial charge >= 0.3 is 0 Å². The molecule has 0 atom stereocenters. The van der Waals surface area contributed by atoms with Gasteiger partial charge in [-0.2, -0.15) is 0 Å². The lowest BCUT2D eigenvalue weighted by Crippen LogP contribution is -2.34. The van der Waals surface area contributed by atoms with Gasteiger partial charge in [-0.05, 0) is 60.7 Å². The summed E-state index contributed by atoms with van der Waals surface area (Å²) < 4.78 is 0. The van der Waals surface area contributed by atoms with Crippen molar-refractivity contribution in [1.82, 2.24) is 9.97 Å². The predicted octanol–water partition coefficient (Wildman–Crippen LogP) is 4.12. The number of carbonyl (C=O) groups excluding carboxylic acids is 1. The molecular formula is C18H22ClN5OS. The molecule has 6 nitrogen and oxygen atoms in total. The first-order chi connectivity index (χ1) is 12.6. The monoisotopic (exact) mass is 391 g/mol. The molecule has 0 unspecified atom stereocenters. The van der Waals surface area contributed by atoms with Crippen LogP contribution in [-0.4, -0.2) is 29.0 Å². The highest BCUT2D eigenvalue weighted by Crippen LogP contribution is 2.26. The summed E-state index contributed by atoms with van der Waals surface area (Å²) in [6.45, 7) is 0. The van der Waals surface area contributed by atoms with E-state index >= 15 is 0 Å². The van der Waals surface area contributed by atoms with Crippen LogP contribution in [-0.2, 0) is 0 Å². The van der Waals surface area contributed by atoms with Crippen LogP contribution in [0.2, 0.25) is 5.28 Å². The van der Waals surface area contributed by atoms with Gasteiger partial charge in [-0.15, -0.1) is 0 Å². The molecule has 3 N–H and O–H groups in total. The van der Waals surface area contributed by atoms with Gasteiger partial charge in [0.15, 0.2) is 0 Å². The molecular weight excluding hydrogens is 370 g/mol. The van der Waals surface area contributed by atoms with Gasteiger partial charge in [0.05, 0.1) is 0 Å². The van der Waals surface area contributed by atoms with Crippen molar-refractivity contribution < 1.29 is 4.79 Å². The van der Waals surface area contributed by atoms with Gasteiger partial charge in [0.2, 0.25) is 5.28 Å². The fourth-order valence-electron chi connectivity index (χ4n) is 3.17. The number of hydrogen-bond donors (Lipinski definition) is 2. The fourth-order valence-corrected chi connectivity index (χ4v) is 3.64. The Kier molecular flexibility index (Phi) is 6.34. The molecule has 2 aromatic rings. The molecule has 1 aromatic heterocycles. The third-order valence-electron chi connectivity index (χ3n) is 4.65. The van der Waals surface area contributed by atoms with Crippen molar-refractivity contribution in [3.8, 4) is 0 Å². The number of rotatable bonds is 5. The summed E-state index contributed by atoms with van der Waals surface area (Å²) in [6, 6.07) is 9.40. The average Bonchev–Trinajstić information content (AvgIpc) is 2.68. The predicted molar refractivity (Wildman–Crippen MR) is 107 cm³/mol. The van der Waals surface area contributed by atoms with Crippen molar-refractivity contribution in [2.75, 3.05) is 17.3 Å². The number of anilines is 2. The van der Waals surface area contributed by atoms with E-state index in [4.69, 9.17) is 16.7 Å². The number of nitrogens with one attached hydrogen (secondary N) is 1. The number of nitrogens with two attached hydrogens (primary N) is 1. The van der Waals surface area contributed by atoms with Crippen LogP contribution in [0.4, 0.5) is 11.5 Å². The molecule has 0 bridgehead atoms. The molecule has 0 aliphatic heterocycles. The highest BCUT2D eigenvalue weighted by molar-refractivity contribution is 7.97. The molecule has 0 radical (unpaired) electrons. The third-order valence-corrected chi connectivity index (χ3v) is 5.36. The van der Waals surface area contributed by atoms with Crippen LogP contribution in [0.3, 0.4) is 0 Å². The third kappa shape index (κ3) is 4.66. The summed E-state index contributed by atoms with van der Waals surface area (Å²) in [5.74, 6) is 0.359.